The molecule has 5 aliphatic rings. The average molecular weight is 583 g/mol. The first-order valence-electron chi connectivity index (χ1n) is 13.6. The van der Waals surface area contributed by atoms with Gasteiger partial charge in [0, 0.05) is 31.3 Å². The molecule has 1 spiro atoms. The normalized spacial score (nSPS) is 33.2. The van der Waals surface area contributed by atoms with Gasteiger partial charge in [-0.1, -0.05) is 12.1 Å². The minimum absolute atomic E-state index is 0.0000903. The van der Waals surface area contributed by atoms with Crippen molar-refractivity contribution in [1.29, 1.82) is 0 Å². The summed E-state index contributed by atoms with van der Waals surface area (Å²) < 4.78 is 20.9. The van der Waals surface area contributed by atoms with Gasteiger partial charge in [-0.3, -0.25) is 9.69 Å². The molecule has 3 fully saturated rings. The van der Waals surface area contributed by atoms with Gasteiger partial charge in [-0.15, -0.1) is 0 Å². The van der Waals surface area contributed by atoms with E-state index in [2.05, 4.69) is 20.8 Å². The molecular formula is C30H32BrFN2O4. The summed E-state index contributed by atoms with van der Waals surface area (Å²) in [5, 5.41) is 23.4. The molecule has 0 unspecified atom stereocenters. The highest BCUT2D eigenvalue weighted by Gasteiger charge is 2.73. The molecule has 2 bridgehead atoms. The SMILES string of the molecule is CN(C(=O)C=Cc1ccc(Br)c(F)c1)[C@H]1CC[C@@]2(O)[C@H]3Cc4ccc(O)c5c4[C@@]2(CCN3CC2CC2)[C@H]1O5. The lowest BCUT2D eigenvalue weighted by Gasteiger charge is -2.64. The fourth-order valence-electron chi connectivity index (χ4n) is 7.92. The van der Waals surface area contributed by atoms with Gasteiger partial charge in [-0.05, 0) is 102 Å². The zero-order valence-electron chi connectivity index (χ0n) is 21.4. The van der Waals surface area contributed by atoms with E-state index in [9.17, 15) is 19.4 Å². The minimum Gasteiger partial charge on any atom is -0.504 e. The number of hydrogen-bond acceptors (Lipinski definition) is 5. The third-order valence-corrected chi connectivity index (χ3v) is 10.6. The Kier molecular flexibility index (Phi) is 5.53. The number of phenols is 1. The van der Waals surface area contributed by atoms with Crippen LogP contribution in [0.5, 0.6) is 11.5 Å². The molecule has 2 aromatic rings. The van der Waals surface area contributed by atoms with Crippen molar-refractivity contribution in [2.24, 2.45) is 5.92 Å². The molecule has 5 atom stereocenters. The van der Waals surface area contributed by atoms with E-state index in [4.69, 9.17) is 4.74 Å². The van der Waals surface area contributed by atoms with Gasteiger partial charge in [-0.2, -0.15) is 0 Å². The van der Waals surface area contributed by atoms with E-state index in [-0.39, 0.29) is 29.6 Å². The number of piperidine rings is 1. The molecule has 6 nitrogen and oxygen atoms in total. The third-order valence-electron chi connectivity index (χ3n) is 9.94. The van der Waals surface area contributed by atoms with Gasteiger partial charge in [0.05, 0.1) is 21.5 Å². The van der Waals surface area contributed by atoms with Gasteiger partial charge >= 0.3 is 0 Å². The maximum Gasteiger partial charge on any atom is 0.246 e. The van der Waals surface area contributed by atoms with Crippen molar-refractivity contribution in [1.82, 2.24) is 9.80 Å². The highest BCUT2D eigenvalue weighted by Crippen LogP contribution is 2.66. The van der Waals surface area contributed by atoms with Crippen molar-refractivity contribution in [2.45, 2.75) is 67.7 Å². The maximum atomic E-state index is 14.0. The second kappa shape index (κ2) is 8.54. The van der Waals surface area contributed by atoms with Crippen LogP contribution in [0, 0.1) is 11.7 Å². The number of aliphatic hydroxyl groups is 1. The maximum absolute atomic E-state index is 14.0. The first-order chi connectivity index (χ1) is 18.2. The number of carbonyl (C=O) groups excluding carboxylic acids is 1. The smallest absolute Gasteiger partial charge is 0.246 e. The van der Waals surface area contributed by atoms with Crippen LogP contribution in [0.25, 0.3) is 6.08 Å². The summed E-state index contributed by atoms with van der Waals surface area (Å²) in [5.74, 6) is 0.715. The number of carbonyl (C=O) groups is 1. The quantitative estimate of drug-likeness (QED) is 0.511. The van der Waals surface area contributed by atoms with Crippen molar-refractivity contribution in [3.63, 3.8) is 0 Å². The molecule has 1 amide bonds. The summed E-state index contributed by atoms with van der Waals surface area (Å²) in [7, 11) is 1.77. The predicted octanol–water partition coefficient (Wildman–Crippen LogP) is 4.40. The lowest BCUT2D eigenvalue weighted by atomic mass is 9.48. The van der Waals surface area contributed by atoms with Crippen LogP contribution in [0.15, 0.2) is 40.9 Å². The van der Waals surface area contributed by atoms with Gasteiger partial charge in [0.1, 0.15) is 11.9 Å². The number of halogens is 2. The molecule has 2 aromatic carbocycles. The van der Waals surface area contributed by atoms with E-state index in [1.165, 1.54) is 25.0 Å². The number of likely N-dealkylation sites (tertiary alicyclic amines) is 1. The van der Waals surface area contributed by atoms with Crippen molar-refractivity contribution in [3.8, 4) is 11.5 Å². The predicted molar refractivity (Wildman–Crippen MR) is 144 cm³/mol. The minimum atomic E-state index is -0.984. The molecule has 1 saturated heterocycles. The number of nitrogens with zero attached hydrogens (tertiary/aromatic N) is 2. The van der Waals surface area contributed by atoms with Gasteiger partial charge in [-0.25, -0.2) is 4.39 Å². The summed E-state index contributed by atoms with van der Waals surface area (Å²) in [6, 6.07) is 8.17. The number of benzene rings is 2. The Hall–Kier alpha value is -2.42. The largest absolute Gasteiger partial charge is 0.504 e. The van der Waals surface area contributed by atoms with Crippen molar-refractivity contribution in [3.05, 3.63) is 63.4 Å². The Labute approximate surface area is 230 Å². The van der Waals surface area contributed by atoms with Crippen LogP contribution >= 0.6 is 15.9 Å². The van der Waals surface area contributed by atoms with Gasteiger partial charge in [0.25, 0.3) is 0 Å². The molecule has 7 rings (SSSR count). The number of likely N-dealkylation sites (N-methyl/N-ethyl adjacent to an activating group) is 1. The zero-order chi connectivity index (χ0) is 26.4. The van der Waals surface area contributed by atoms with E-state index in [1.807, 2.05) is 6.07 Å². The Morgan fingerprint density at radius 2 is 2.08 bits per heavy atom. The number of hydrogen-bond donors (Lipinski definition) is 2. The summed E-state index contributed by atoms with van der Waals surface area (Å²) in [6.07, 6.45) is 7.80. The monoisotopic (exact) mass is 582 g/mol. The van der Waals surface area contributed by atoms with E-state index in [0.29, 0.717) is 28.6 Å². The third kappa shape index (κ3) is 3.39. The standard InChI is InChI=1S/C30H32BrFN2O4/c1-33(25(36)9-5-17-4-7-20(31)21(32)14-17)22-10-11-30(37)24-15-19-6-8-23(35)27-26(19)29(30,28(22)38-27)12-13-34(24)16-18-2-3-18/h4-9,14,18,22,24,28,35,37H,2-3,10-13,15-16H2,1H3/t22-,24+,28-,29-,30+/m0/s1. The molecule has 2 N–H and O–H groups in total. The van der Waals surface area contributed by atoms with Crippen molar-refractivity contribution >= 4 is 27.9 Å². The topological polar surface area (TPSA) is 73.2 Å². The second-order valence-electron chi connectivity index (χ2n) is 11.9. The Bertz CT molecular complexity index is 1360. The number of phenolic OH excluding ortho intramolecular Hbond substituents is 1. The number of ether oxygens (including phenoxy) is 1. The second-order valence-corrected chi connectivity index (χ2v) is 12.7. The van der Waals surface area contributed by atoms with E-state index in [1.54, 1.807) is 36.2 Å². The lowest BCUT2D eigenvalue weighted by Crippen LogP contribution is -2.78. The Morgan fingerprint density at radius 3 is 2.84 bits per heavy atom. The van der Waals surface area contributed by atoms with E-state index < -0.39 is 17.1 Å². The van der Waals surface area contributed by atoms with Gasteiger partial charge in [0.15, 0.2) is 11.5 Å². The molecule has 0 aromatic heterocycles. The summed E-state index contributed by atoms with van der Waals surface area (Å²) in [4.78, 5) is 17.6. The van der Waals surface area contributed by atoms with Crippen LogP contribution in [0.2, 0.25) is 0 Å². The van der Waals surface area contributed by atoms with Crippen LogP contribution in [-0.4, -0.2) is 69.8 Å². The fraction of sp³-hybridized carbons (Fsp3) is 0.500. The van der Waals surface area contributed by atoms with Gasteiger partial charge < -0.3 is 19.8 Å². The van der Waals surface area contributed by atoms with Crippen LogP contribution in [0.3, 0.4) is 0 Å². The number of aromatic hydroxyl groups is 1. The molecule has 200 valence electrons. The molecule has 8 heteroatoms. The molecule has 2 aliphatic heterocycles. The van der Waals surface area contributed by atoms with Gasteiger partial charge in [0.2, 0.25) is 5.91 Å². The molecule has 2 heterocycles. The molecule has 2 saturated carbocycles. The average Bonchev–Trinajstić information content (AvgIpc) is 3.64. The van der Waals surface area contributed by atoms with Crippen molar-refractivity contribution < 1.29 is 24.1 Å². The Morgan fingerprint density at radius 1 is 1.26 bits per heavy atom. The van der Waals surface area contributed by atoms with E-state index >= 15 is 0 Å². The highest BCUT2D eigenvalue weighted by atomic mass is 79.9. The first kappa shape index (κ1) is 24.6. The Balaban J connectivity index is 1.23. The molecule has 3 aliphatic carbocycles. The lowest BCUT2D eigenvalue weighted by molar-refractivity contribution is -0.200. The highest BCUT2D eigenvalue weighted by molar-refractivity contribution is 9.10. The van der Waals surface area contributed by atoms with E-state index in [0.717, 1.165) is 43.0 Å². The molecule has 0 radical (unpaired) electrons. The fourth-order valence-corrected chi connectivity index (χ4v) is 8.16. The van der Waals surface area contributed by atoms with Crippen LogP contribution in [0.4, 0.5) is 4.39 Å². The molecule has 38 heavy (non-hydrogen) atoms. The molecular weight excluding hydrogens is 551 g/mol. The van der Waals surface area contributed by atoms with Crippen LogP contribution in [0.1, 0.15) is 48.8 Å². The van der Waals surface area contributed by atoms with Crippen LogP contribution in [-0.2, 0) is 16.6 Å². The number of rotatable bonds is 5. The summed E-state index contributed by atoms with van der Waals surface area (Å²) in [6.45, 7) is 1.90. The number of amides is 1. The van der Waals surface area contributed by atoms with Crippen molar-refractivity contribution in [2.75, 3.05) is 20.1 Å². The zero-order valence-corrected chi connectivity index (χ0v) is 23.0. The first-order valence-corrected chi connectivity index (χ1v) is 14.4. The summed E-state index contributed by atoms with van der Waals surface area (Å²) >= 11 is 3.16. The summed E-state index contributed by atoms with van der Waals surface area (Å²) in [5.41, 5.74) is 1.04. The van der Waals surface area contributed by atoms with Crippen LogP contribution < -0.4 is 4.74 Å².